The number of methoxy groups -OCH3 is 1. The topological polar surface area (TPSA) is 59.6 Å². The third kappa shape index (κ3) is 9.44. The van der Waals surface area contributed by atoms with Crippen LogP contribution in [0, 0.1) is 0 Å². The van der Waals surface area contributed by atoms with Crippen molar-refractivity contribution in [2.45, 2.75) is 6.92 Å². The molecule has 5 heteroatoms. The Morgan fingerprint density at radius 3 is 2.71 bits per heavy atom. The molecule has 0 bridgehead atoms. The standard InChI is InChI=1S/C9H20N2O3/c1-3-14-7-5-11-9(12)8-10-4-6-13-2/h10H,3-8H2,1-2H3,(H,11,12). The minimum Gasteiger partial charge on any atom is -0.383 e. The molecule has 0 saturated heterocycles. The van der Waals surface area contributed by atoms with Gasteiger partial charge in [0.1, 0.15) is 0 Å². The van der Waals surface area contributed by atoms with Gasteiger partial charge in [-0.25, -0.2) is 0 Å². The molecule has 0 unspecified atom stereocenters. The number of amides is 1. The van der Waals surface area contributed by atoms with E-state index in [0.717, 1.165) is 0 Å². The van der Waals surface area contributed by atoms with Gasteiger partial charge in [0.15, 0.2) is 0 Å². The van der Waals surface area contributed by atoms with Crippen LogP contribution in [0.25, 0.3) is 0 Å². The molecule has 0 spiro atoms. The summed E-state index contributed by atoms with van der Waals surface area (Å²) in [5, 5.41) is 5.68. The number of ether oxygens (including phenoxy) is 2. The first-order chi connectivity index (χ1) is 6.81. The van der Waals surface area contributed by atoms with E-state index in [2.05, 4.69) is 10.6 Å². The fourth-order valence-electron chi connectivity index (χ4n) is 0.846. The van der Waals surface area contributed by atoms with Crippen molar-refractivity contribution < 1.29 is 14.3 Å². The average molecular weight is 204 g/mol. The van der Waals surface area contributed by atoms with E-state index < -0.39 is 0 Å². The quantitative estimate of drug-likeness (QED) is 0.491. The molecule has 0 aromatic rings. The number of carbonyl (C=O) groups excluding carboxylic acids is 1. The van der Waals surface area contributed by atoms with Crippen molar-refractivity contribution in [3.05, 3.63) is 0 Å². The van der Waals surface area contributed by atoms with Gasteiger partial charge in [-0.2, -0.15) is 0 Å². The molecule has 0 aliphatic carbocycles. The first-order valence-corrected chi connectivity index (χ1v) is 4.85. The largest absolute Gasteiger partial charge is 0.383 e. The summed E-state index contributed by atoms with van der Waals surface area (Å²) < 4.78 is 9.89. The van der Waals surface area contributed by atoms with Crippen LogP contribution in [-0.2, 0) is 14.3 Å². The number of nitrogens with one attached hydrogen (secondary N) is 2. The van der Waals surface area contributed by atoms with E-state index >= 15 is 0 Å². The fraction of sp³-hybridized carbons (Fsp3) is 0.889. The van der Waals surface area contributed by atoms with Crippen LogP contribution in [0.2, 0.25) is 0 Å². The van der Waals surface area contributed by atoms with Crippen LogP contribution in [0.5, 0.6) is 0 Å². The second-order valence-electron chi connectivity index (χ2n) is 2.72. The van der Waals surface area contributed by atoms with Gasteiger partial charge in [0.25, 0.3) is 0 Å². The first-order valence-electron chi connectivity index (χ1n) is 4.85. The zero-order chi connectivity index (χ0) is 10.6. The van der Waals surface area contributed by atoms with Crippen LogP contribution in [0.4, 0.5) is 0 Å². The molecule has 2 N–H and O–H groups in total. The molecule has 84 valence electrons. The normalized spacial score (nSPS) is 10.1. The summed E-state index contributed by atoms with van der Waals surface area (Å²) in [6.45, 7) is 5.38. The maximum absolute atomic E-state index is 11.1. The van der Waals surface area contributed by atoms with Gasteiger partial charge in [-0.1, -0.05) is 0 Å². The lowest BCUT2D eigenvalue weighted by molar-refractivity contribution is -0.120. The summed E-state index contributed by atoms with van der Waals surface area (Å²) in [5.74, 6) is -0.0131. The minimum atomic E-state index is -0.0131. The predicted molar refractivity (Wildman–Crippen MR) is 54.2 cm³/mol. The molecular formula is C9H20N2O3. The van der Waals surface area contributed by atoms with Gasteiger partial charge in [0, 0.05) is 26.8 Å². The Morgan fingerprint density at radius 2 is 2.07 bits per heavy atom. The lowest BCUT2D eigenvalue weighted by Gasteiger charge is -2.06. The highest BCUT2D eigenvalue weighted by Crippen LogP contribution is 1.71. The van der Waals surface area contributed by atoms with E-state index in [9.17, 15) is 4.79 Å². The van der Waals surface area contributed by atoms with Crippen molar-refractivity contribution in [3.8, 4) is 0 Å². The van der Waals surface area contributed by atoms with E-state index in [-0.39, 0.29) is 5.91 Å². The van der Waals surface area contributed by atoms with Crippen LogP contribution in [0.15, 0.2) is 0 Å². The van der Waals surface area contributed by atoms with Gasteiger partial charge in [0.05, 0.1) is 19.8 Å². The van der Waals surface area contributed by atoms with Gasteiger partial charge < -0.3 is 20.1 Å². The van der Waals surface area contributed by atoms with Crippen LogP contribution in [0.1, 0.15) is 6.92 Å². The zero-order valence-corrected chi connectivity index (χ0v) is 8.97. The maximum atomic E-state index is 11.1. The smallest absolute Gasteiger partial charge is 0.234 e. The molecule has 0 aliphatic heterocycles. The molecule has 0 fully saturated rings. The molecule has 0 aliphatic rings. The Hall–Kier alpha value is -0.650. The summed E-state index contributed by atoms with van der Waals surface area (Å²) in [4.78, 5) is 11.1. The molecule has 0 saturated carbocycles. The Labute approximate surface area is 85.1 Å². The van der Waals surface area contributed by atoms with E-state index in [0.29, 0.717) is 39.5 Å². The molecule has 0 aromatic carbocycles. The lowest BCUT2D eigenvalue weighted by Crippen LogP contribution is -2.36. The van der Waals surface area contributed by atoms with E-state index in [1.54, 1.807) is 7.11 Å². The number of rotatable bonds is 9. The second-order valence-corrected chi connectivity index (χ2v) is 2.72. The van der Waals surface area contributed by atoms with Crippen LogP contribution >= 0.6 is 0 Å². The molecular weight excluding hydrogens is 184 g/mol. The Balaban J connectivity index is 3.11. The molecule has 0 aromatic heterocycles. The van der Waals surface area contributed by atoms with Crippen molar-refractivity contribution in [2.75, 3.05) is 46.6 Å². The van der Waals surface area contributed by atoms with Crippen LogP contribution in [0.3, 0.4) is 0 Å². The molecule has 5 nitrogen and oxygen atoms in total. The highest BCUT2D eigenvalue weighted by atomic mass is 16.5. The highest BCUT2D eigenvalue weighted by Gasteiger charge is 1.98. The number of hydrogen-bond acceptors (Lipinski definition) is 4. The van der Waals surface area contributed by atoms with Crippen molar-refractivity contribution in [2.24, 2.45) is 0 Å². The predicted octanol–water partition coefficient (Wildman–Crippen LogP) is -0.625. The molecule has 0 atom stereocenters. The fourth-order valence-corrected chi connectivity index (χ4v) is 0.846. The number of hydrogen-bond donors (Lipinski definition) is 2. The summed E-state index contributed by atoms with van der Waals surface area (Å²) in [5.41, 5.74) is 0. The van der Waals surface area contributed by atoms with Crippen molar-refractivity contribution in [3.63, 3.8) is 0 Å². The van der Waals surface area contributed by atoms with E-state index in [1.807, 2.05) is 6.92 Å². The summed E-state index contributed by atoms with van der Waals surface area (Å²) >= 11 is 0. The van der Waals surface area contributed by atoms with Gasteiger partial charge in [-0.3, -0.25) is 4.79 Å². The summed E-state index contributed by atoms with van der Waals surface area (Å²) in [6, 6.07) is 0. The van der Waals surface area contributed by atoms with Crippen LogP contribution < -0.4 is 10.6 Å². The minimum absolute atomic E-state index is 0.0131. The van der Waals surface area contributed by atoms with Crippen LogP contribution in [-0.4, -0.2) is 52.5 Å². The molecule has 0 rings (SSSR count). The van der Waals surface area contributed by atoms with Crippen molar-refractivity contribution in [1.29, 1.82) is 0 Å². The van der Waals surface area contributed by atoms with Gasteiger partial charge in [0.2, 0.25) is 5.91 Å². The Kier molecular flexibility index (Phi) is 9.95. The first kappa shape index (κ1) is 13.4. The molecule has 14 heavy (non-hydrogen) atoms. The summed E-state index contributed by atoms with van der Waals surface area (Å²) in [6.07, 6.45) is 0. The average Bonchev–Trinajstić information content (AvgIpc) is 2.19. The zero-order valence-electron chi connectivity index (χ0n) is 8.97. The van der Waals surface area contributed by atoms with Crippen molar-refractivity contribution in [1.82, 2.24) is 10.6 Å². The maximum Gasteiger partial charge on any atom is 0.234 e. The monoisotopic (exact) mass is 204 g/mol. The molecule has 0 radical (unpaired) electrons. The Bertz CT molecular complexity index is 128. The highest BCUT2D eigenvalue weighted by molar-refractivity contribution is 5.77. The molecule has 0 heterocycles. The lowest BCUT2D eigenvalue weighted by atomic mass is 10.5. The second kappa shape index (κ2) is 10.4. The van der Waals surface area contributed by atoms with Gasteiger partial charge >= 0.3 is 0 Å². The number of carbonyl (C=O) groups is 1. The molecule has 1 amide bonds. The Morgan fingerprint density at radius 1 is 1.29 bits per heavy atom. The summed E-state index contributed by atoms with van der Waals surface area (Å²) in [7, 11) is 1.63. The van der Waals surface area contributed by atoms with Gasteiger partial charge in [-0.15, -0.1) is 0 Å². The van der Waals surface area contributed by atoms with Crippen molar-refractivity contribution >= 4 is 5.91 Å². The van der Waals surface area contributed by atoms with E-state index in [1.165, 1.54) is 0 Å². The van der Waals surface area contributed by atoms with Gasteiger partial charge in [-0.05, 0) is 6.92 Å². The SMILES string of the molecule is CCOCCNC(=O)CNCCOC. The third-order valence-corrected chi connectivity index (χ3v) is 1.54. The van der Waals surface area contributed by atoms with E-state index in [4.69, 9.17) is 9.47 Å². The third-order valence-electron chi connectivity index (χ3n) is 1.54.